The van der Waals surface area contributed by atoms with Crippen LogP contribution >= 0.6 is 15.9 Å². The number of aromatic nitrogens is 2. The van der Waals surface area contributed by atoms with E-state index in [2.05, 4.69) is 33.2 Å². The van der Waals surface area contributed by atoms with Crippen molar-refractivity contribution < 1.29 is 0 Å². The molecule has 3 aromatic rings. The van der Waals surface area contributed by atoms with E-state index in [0.717, 1.165) is 26.8 Å². The SMILES string of the molecule is CC.Cc1nn(-c2ccc(C#N)c(Br)c2)c2ccccc12. The zero-order valence-corrected chi connectivity index (χ0v) is 13.8. The molecule has 3 rings (SSSR count). The summed E-state index contributed by atoms with van der Waals surface area (Å²) in [6.07, 6.45) is 0. The molecule has 0 radical (unpaired) electrons. The smallest absolute Gasteiger partial charge is 0.100 e. The molecular weight excluding hydrogens is 326 g/mol. The lowest BCUT2D eigenvalue weighted by Gasteiger charge is -2.05. The highest BCUT2D eigenvalue weighted by atomic mass is 79.9. The molecule has 0 unspecified atom stereocenters. The van der Waals surface area contributed by atoms with Crippen molar-refractivity contribution in [3.05, 3.63) is 58.2 Å². The minimum absolute atomic E-state index is 0.622. The van der Waals surface area contributed by atoms with E-state index in [-0.39, 0.29) is 0 Å². The lowest BCUT2D eigenvalue weighted by Crippen LogP contribution is -1.97. The van der Waals surface area contributed by atoms with Crippen LogP contribution in [0.1, 0.15) is 25.1 Å². The van der Waals surface area contributed by atoms with Gasteiger partial charge in [0.1, 0.15) is 6.07 Å². The summed E-state index contributed by atoms with van der Waals surface area (Å²) in [6.45, 7) is 6.00. The van der Waals surface area contributed by atoms with E-state index in [1.165, 1.54) is 0 Å². The Hall–Kier alpha value is -2.12. The summed E-state index contributed by atoms with van der Waals surface area (Å²) in [5.41, 5.74) is 3.62. The van der Waals surface area contributed by atoms with Gasteiger partial charge >= 0.3 is 0 Å². The standard InChI is InChI=1S/C15H10BrN3.C2H6/c1-10-13-4-2-3-5-15(13)19(18-10)12-7-6-11(9-17)14(16)8-12;1-2/h2-8H,1H3;1-2H3. The van der Waals surface area contributed by atoms with Gasteiger partial charge in [-0.25, -0.2) is 4.68 Å². The molecule has 0 aliphatic carbocycles. The molecule has 2 aromatic carbocycles. The van der Waals surface area contributed by atoms with Crippen LogP contribution < -0.4 is 0 Å². The van der Waals surface area contributed by atoms with E-state index in [1.807, 2.05) is 55.8 Å². The van der Waals surface area contributed by atoms with Gasteiger partial charge < -0.3 is 0 Å². The predicted octanol–water partition coefficient (Wildman–Crippen LogP) is 4.99. The summed E-state index contributed by atoms with van der Waals surface area (Å²) >= 11 is 3.41. The highest BCUT2D eigenvalue weighted by molar-refractivity contribution is 9.10. The normalized spacial score (nSPS) is 9.86. The van der Waals surface area contributed by atoms with Crippen molar-refractivity contribution in [3.63, 3.8) is 0 Å². The first kappa shape index (κ1) is 15.3. The van der Waals surface area contributed by atoms with Crippen molar-refractivity contribution in [3.8, 4) is 11.8 Å². The van der Waals surface area contributed by atoms with Crippen molar-refractivity contribution in [2.45, 2.75) is 20.8 Å². The van der Waals surface area contributed by atoms with Crippen LogP contribution in [-0.4, -0.2) is 9.78 Å². The van der Waals surface area contributed by atoms with E-state index in [1.54, 1.807) is 6.07 Å². The number of nitriles is 1. The summed E-state index contributed by atoms with van der Waals surface area (Å²) < 4.78 is 2.68. The number of para-hydroxylation sites is 1. The molecule has 0 aliphatic heterocycles. The number of hydrogen-bond acceptors (Lipinski definition) is 2. The van der Waals surface area contributed by atoms with Gasteiger partial charge in [-0.3, -0.25) is 0 Å². The van der Waals surface area contributed by atoms with Crippen molar-refractivity contribution in [2.75, 3.05) is 0 Å². The van der Waals surface area contributed by atoms with E-state index in [0.29, 0.717) is 5.56 Å². The van der Waals surface area contributed by atoms with Crippen molar-refractivity contribution in [1.29, 1.82) is 5.26 Å². The van der Waals surface area contributed by atoms with Crippen LogP contribution in [0.4, 0.5) is 0 Å². The fourth-order valence-corrected chi connectivity index (χ4v) is 2.60. The monoisotopic (exact) mass is 341 g/mol. The minimum Gasteiger partial charge on any atom is -0.233 e. The van der Waals surface area contributed by atoms with E-state index in [4.69, 9.17) is 5.26 Å². The van der Waals surface area contributed by atoms with Crippen LogP contribution in [0.15, 0.2) is 46.9 Å². The second kappa shape index (κ2) is 6.55. The highest BCUT2D eigenvalue weighted by Gasteiger charge is 2.09. The number of halogens is 1. The molecule has 0 spiro atoms. The number of fused-ring (bicyclic) bond motifs is 1. The van der Waals surface area contributed by atoms with Gasteiger partial charge in [-0.1, -0.05) is 32.0 Å². The summed E-state index contributed by atoms with van der Waals surface area (Å²) in [5.74, 6) is 0. The van der Waals surface area contributed by atoms with Crippen molar-refractivity contribution in [2.24, 2.45) is 0 Å². The molecule has 1 aromatic heterocycles. The first-order chi connectivity index (χ1) is 10.2. The van der Waals surface area contributed by atoms with Gasteiger partial charge in [-0.15, -0.1) is 0 Å². The maximum atomic E-state index is 8.95. The van der Waals surface area contributed by atoms with Crippen LogP contribution in [0.2, 0.25) is 0 Å². The molecule has 21 heavy (non-hydrogen) atoms. The Balaban J connectivity index is 0.000000774. The third-order valence-electron chi connectivity index (χ3n) is 3.09. The first-order valence-electron chi connectivity index (χ1n) is 6.85. The molecule has 106 valence electrons. The van der Waals surface area contributed by atoms with Crippen LogP contribution in [0.25, 0.3) is 16.6 Å². The summed E-state index contributed by atoms with van der Waals surface area (Å²) in [5, 5.41) is 14.7. The van der Waals surface area contributed by atoms with Crippen LogP contribution in [0.3, 0.4) is 0 Å². The molecule has 0 saturated heterocycles. The fraction of sp³-hybridized carbons (Fsp3) is 0.176. The quantitative estimate of drug-likeness (QED) is 0.625. The Kier molecular flexibility index (Phi) is 4.77. The van der Waals surface area contributed by atoms with Gasteiger partial charge in [0.25, 0.3) is 0 Å². The first-order valence-corrected chi connectivity index (χ1v) is 7.64. The number of nitrogens with zero attached hydrogens (tertiary/aromatic N) is 3. The molecule has 0 saturated carbocycles. The van der Waals surface area contributed by atoms with E-state index >= 15 is 0 Å². The van der Waals surface area contributed by atoms with Gasteiger partial charge in [0.15, 0.2) is 0 Å². The largest absolute Gasteiger partial charge is 0.233 e. The predicted molar refractivity (Wildman–Crippen MR) is 89.6 cm³/mol. The molecular formula is C17H16BrN3. The Morgan fingerprint density at radius 2 is 1.86 bits per heavy atom. The minimum atomic E-state index is 0.622. The molecule has 3 nitrogen and oxygen atoms in total. The average Bonchev–Trinajstić information content (AvgIpc) is 2.87. The molecule has 0 amide bonds. The molecule has 0 N–H and O–H groups in total. The van der Waals surface area contributed by atoms with Gasteiger partial charge in [0.05, 0.1) is 22.5 Å². The fourth-order valence-electron chi connectivity index (χ4n) is 2.15. The topological polar surface area (TPSA) is 41.6 Å². The Bertz CT molecular complexity index is 813. The zero-order valence-electron chi connectivity index (χ0n) is 12.3. The third-order valence-corrected chi connectivity index (χ3v) is 3.75. The second-order valence-electron chi connectivity index (χ2n) is 4.29. The second-order valence-corrected chi connectivity index (χ2v) is 5.14. The molecule has 0 bridgehead atoms. The number of aryl methyl sites for hydroxylation is 1. The summed E-state index contributed by atoms with van der Waals surface area (Å²) in [4.78, 5) is 0. The molecule has 4 heteroatoms. The van der Waals surface area contributed by atoms with Gasteiger partial charge in [0, 0.05) is 9.86 Å². The number of hydrogen-bond donors (Lipinski definition) is 0. The van der Waals surface area contributed by atoms with Crippen LogP contribution in [0.5, 0.6) is 0 Å². The Morgan fingerprint density at radius 1 is 1.14 bits per heavy atom. The van der Waals surface area contributed by atoms with Crippen LogP contribution in [0, 0.1) is 18.3 Å². The van der Waals surface area contributed by atoms with Gasteiger partial charge in [0.2, 0.25) is 0 Å². The maximum Gasteiger partial charge on any atom is 0.100 e. The molecule has 0 atom stereocenters. The molecule has 0 fully saturated rings. The average molecular weight is 342 g/mol. The van der Waals surface area contributed by atoms with Crippen LogP contribution in [-0.2, 0) is 0 Å². The summed E-state index contributed by atoms with van der Waals surface area (Å²) in [6, 6.07) is 15.9. The third kappa shape index (κ3) is 2.84. The maximum absolute atomic E-state index is 8.95. The zero-order chi connectivity index (χ0) is 15.4. The Labute approximate surface area is 133 Å². The molecule has 0 aliphatic rings. The number of benzene rings is 2. The van der Waals surface area contributed by atoms with E-state index < -0.39 is 0 Å². The lowest BCUT2D eigenvalue weighted by molar-refractivity contribution is 0.888. The Morgan fingerprint density at radius 3 is 2.52 bits per heavy atom. The summed E-state index contributed by atoms with van der Waals surface area (Å²) in [7, 11) is 0. The van der Waals surface area contributed by atoms with Gasteiger partial charge in [-0.2, -0.15) is 10.4 Å². The molecule has 1 heterocycles. The van der Waals surface area contributed by atoms with Gasteiger partial charge in [-0.05, 0) is 47.1 Å². The van der Waals surface area contributed by atoms with E-state index in [9.17, 15) is 0 Å². The number of rotatable bonds is 1. The van der Waals surface area contributed by atoms with Crippen molar-refractivity contribution in [1.82, 2.24) is 9.78 Å². The highest BCUT2D eigenvalue weighted by Crippen LogP contribution is 2.24. The lowest BCUT2D eigenvalue weighted by atomic mass is 10.2. The van der Waals surface area contributed by atoms with Crippen molar-refractivity contribution >= 4 is 26.8 Å².